The van der Waals surface area contributed by atoms with Gasteiger partial charge in [0.25, 0.3) is 5.69 Å². The van der Waals surface area contributed by atoms with Gasteiger partial charge in [0.1, 0.15) is 5.75 Å². The Morgan fingerprint density at radius 3 is 2.31 bits per heavy atom. The number of nitro benzene ring substituents is 1. The summed E-state index contributed by atoms with van der Waals surface area (Å²) in [5.41, 5.74) is -0.932. The van der Waals surface area contributed by atoms with Crippen LogP contribution >= 0.6 is 0 Å². The Bertz CT molecular complexity index is 335. The van der Waals surface area contributed by atoms with Gasteiger partial charge in [0.2, 0.25) is 11.6 Å². The lowest BCUT2D eigenvalue weighted by molar-refractivity contribution is -0.384. The Labute approximate surface area is 78.0 Å². The van der Waals surface area contributed by atoms with Gasteiger partial charge in [-0.15, -0.1) is 0 Å². The van der Waals surface area contributed by atoms with Crippen LogP contribution in [0, 0.1) is 21.7 Å². The predicted octanol–water partition coefficient (Wildman–Crippen LogP) is 1.38. The van der Waals surface area contributed by atoms with Gasteiger partial charge >= 0.3 is 5.43 Å². The highest BCUT2D eigenvalue weighted by molar-refractivity contribution is 5.59. The fourth-order valence-electron chi connectivity index (χ4n) is 0.732. The monoisotopic (exact) mass is 202 g/mol. The summed E-state index contributed by atoms with van der Waals surface area (Å²) in [4.78, 5) is 20.0. The van der Waals surface area contributed by atoms with E-state index < -0.39 is 10.4 Å². The van der Waals surface area contributed by atoms with Crippen molar-refractivity contribution >= 4 is 11.1 Å². The molecule has 0 unspecified atom stereocenters. The second-order valence-electron chi connectivity index (χ2n) is 2.10. The highest BCUT2D eigenvalue weighted by Crippen LogP contribution is 2.17. The van der Waals surface area contributed by atoms with Gasteiger partial charge in [-0.25, -0.2) is 0 Å². The van der Waals surface area contributed by atoms with Crippen LogP contribution in [0.2, 0.25) is 0 Å². The molecule has 0 aliphatic heterocycles. The number of hydrogen-bond acceptors (Lipinski definition) is 4. The third-order valence-corrected chi connectivity index (χ3v) is 1.33. The van der Waals surface area contributed by atoms with Crippen molar-refractivity contribution in [3.63, 3.8) is 0 Å². The Morgan fingerprint density at radius 2 is 1.92 bits per heavy atom. The van der Waals surface area contributed by atoms with Crippen LogP contribution in [0.3, 0.4) is 0 Å². The van der Waals surface area contributed by atoms with E-state index in [4.69, 9.17) is 0 Å². The van der Waals surface area contributed by atoms with Crippen molar-refractivity contribution in [1.29, 1.82) is 0 Å². The number of hydrogen-bond donors (Lipinski definition) is 0. The molecule has 0 atom stereocenters. The molecule has 0 N–H and O–H groups in total. The maximum Gasteiger partial charge on any atom is 0.608 e. The number of ether oxygens (including phenoxy) is 1. The average Bonchev–Trinajstić information content (AvgIpc) is 2.04. The van der Waals surface area contributed by atoms with Crippen LogP contribution < -0.4 is 4.74 Å². The molecule has 0 aliphatic rings. The molecule has 0 amide bonds. The first-order valence-corrected chi connectivity index (χ1v) is 3.63. The van der Waals surface area contributed by atoms with Gasteiger partial charge in [0.15, 0.2) is 0 Å². The van der Waals surface area contributed by atoms with E-state index >= 15 is 0 Å². The summed E-state index contributed by atoms with van der Waals surface area (Å²) in [6, 6.07) is 5.08. The molecule has 13 heavy (non-hydrogen) atoms. The fraction of sp³-hybridized carbons (Fsp3) is 0. The standard InChI is InChI=1S/C7H5ClNO4/c8-7(10)13-6-3-1-5(2-4-6)9(11)12/h1-4,8H/q+1. The van der Waals surface area contributed by atoms with Crippen LogP contribution in [0.15, 0.2) is 24.3 Å². The third-order valence-electron chi connectivity index (χ3n) is 1.25. The molecule has 0 saturated carbocycles. The molecule has 68 valence electrons. The molecule has 1 aromatic carbocycles. The molecule has 0 saturated heterocycles. The molecule has 6 heteroatoms. The lowest BCUT2D eigenvalue weighted by Gasteiger charge is -1.94. The number of nitro groups is 1. The van der Waals surface area contributed by atoms with Crippen LogP contribution in [0.25, 0.3) is 0 Å². The van der Waals surface area contributed by atoms with E-state index in [1.165, 1.54) is 24.3 Å². The van der Waals surface area contributed by atoms with Gasteiger partial charge in [-0.3, -0.25) is 10.1 Å². The molecule has 5 nitrogen and oxygen atoms in total. The van der Waals surface area contributed by atoms with E-state index in [0.717, 1.165) is 0 Å². The number of benzene rings is 1. The second kappa shape index (κ2) is 3.86. The van der Waals surface area contributed by atoms with E-state index in [9.17, 15) is 14.9 Å². The van der Waals surface area contributed by atoms with Crippen LogP contribution in [-0.2, 0) is 0 Å². The van der Waals surface area contributed by atoms with Crippen LogP contribution in [0.4, 0.5) is 10.5 Å². The van der Waals surface area contributed by atoms with E-state index in [1.54, 1.807) is 0 Å². The third kappa shape index (κ3) is 2.72. The summed E-state index contributed by atoms with van der Waals surface area (Å²) in [6.45, 7) is 0. The van der Waals surface area contributed by atoms with Crippen LogP contribution in [-0.4, -0.2) is 10.4 Å². The van der Waals surface area contributed by atoms with E-state index in [0.29, 0.717) is 0 Å². The lowest BCUT2D eigenvalue weighted by Crippen LogP contribution is -1.99. The minimum absolute atomic E-state index is 0.0656. The minimum Gasteiger partial charge on any atom is -0.378 e. The number of nitrogens with zero attached hydrogens (tertiary/aromatic N) is 1. The van der Waals surface area contributed by atoms with Crippen molar-refractivity contribution in [3.8, 4) is 5.75 Å². The highest BCUT2D eigenvalue weighted by atomic mass is 35.5. The average molecular weight is 203 g/mol. The molecule has 0 heterocycles. The minimum atomic E-state index is -0.867. The largest absolute Gasteiger partial charge is 0.608 e. The maximum atomic E-state index is 10.3. The number of rotatable bonds is 2. The molecule has 1 rings (SSSR count). The first-order chi connectivity index (χ1) is 6.09. The summed E-state index contributed by atoms with van der Waals surface area (Å²) in [6.07, 6.45) is 0. The van der Waals surface area contributed by atoms with Gasteiger partial charge in [-0.2, -0.15) is 4.79 Å². The quantitative estimate of drug-likeness (QED) is 0.413. The zero-order valence-corrected chi connectivity index (χ0v) is 7.11. The smallest absolute Gasteiger partial charge is 0.378 e. The molecule has 0 spiro atoms. The lowest BCUT2D eigenvalue weighted by atomic mass is 10.3. The molecule has 0 bridgehead atoms. The van der Waals surface area contributed by atoms with Crippen molar-refractivity contribution in [2.24, 2.45) is 0 Å². The molecule has 1 aromatic rings. The first kappa shape index (κ1) is 9.47. The number of carbonyl (C=O) groups is 1. The van der Waals surface area contributed by atoms with E-state index in [2.05, 4.69) is 16.3 Å². The highest BCUT2D eigenvalue weighted by Gasteiger charge is 2.09. The number of carbonyl (C=O) groups excluding carboxylic acids is 1. The van der Waals surface area contributed by atoms with E-state index in [1.807, 2.05) is 0 Å². The summed E-state index contributed by atoms with van der Waals surface area (Å²) >= 11 is 4.15. The Hall–Kier alpha value is -1.62. The van der Waals surface area contributed by atoms with Crippen molar-refractivity contribution in [1.82, 2.24) is 0 Å². The molecular weight excluding hydrogens is 198 g/mol. The Morgan fingerprint density at radius 1 is 1.38 bits per heavy atom. The molecule has 0 aromatic heterocycles. The van der Waals surface area contributed by atoms with Crippen LogP contribution in [0.1, 0.15) is 0 Å². The van der Waals surface area contributed by atoms with Crippen LogP contribution in [0.5, 0.6) is 5.75 Å². The second-order valence-corrected chi connectivity index (χ2v) is 2.44. The summed E-state index contributed by atoms with van der Waals surface area (Å²) in [5.74, 6) is 0.200. The van der Waals surface area contributed by atoms with E-state index in [-0.39, 0.29) is 11.4 Å². The zero-order valence-electron chi connectivity index (χ0n) is 6.30. The normalized spacial score (nSPS) is 9.31. The number of non-ortho nitro benzene ring substituents is 1. The molecule has 0 fully saturated rings. The Balaban J connectivity index is 2.81. The number of halogens is 1. The molecular formula is C7H5ClNO4+. The maximum absolute atomic E-state index is 10.3. The summed E-state index contributed by atoms with van der Waals surface area (Å²) in [7, 11) is 0. The van der Waals surface area contributed by atoms with Gasteiger partial charge < -0.3 is 4.74 Å². The van der Waals surface area contributed by atoms with Crippen molar-refractivity contribution in [2.75, 3.05) is 0 Å². The Kier molecular flexibility index (Phi) is 2.81. The molecule has 0 aliphatic carbocycles. The fourth-order valence-corrected chi connectivity index (χ4v) is 0.828. The van der Waals surface area contributed by atoms with Gasteiger partial charge in [-0.05, 0) is 12.1 Å². The van der Waals surface area contributed by atoms with Gasteiger partial charge in [-0.1, -0.05) is 0 Å². The van der Waals surface area contributed by atoms with Crippen molar-refractivity contribution < 1.29 is 26.1 Å². The van der Waals surface area contributed by atoms with Crippen molar-refractivity contribution in [3.05, 3.63) is 34.4 Å². The van der Waals surface area contributed by atoms with Gasteiger partial charge in [0.05, 0.1) is 4.92 Å². The summed E-state index contributed by atoms with van der Waals surface area (Å²) < 4.78 is 4.50. The first-order valence-electron chi connectivity index (χ1n) is 3.23. The predicted molar refractivity (Wildman–Crippen MR) is 40.5 cm³/mol. The summed E-state index contributed by atoms with van der Waals surface area (Å²) in [5, 5.41) is 10.2. The topological polar surface area (TPSA) is 69.4 Å². The molecule has 0 radical (unpaired) electrons. The van der Waals surface area contributed by atoms with Gasteiger partial charge in [0, 0.05) is 12.1 Å². The SMILES string of the molecule is O=C([ClH+])Oc1ccc([N+](=O)[O-])cc1. The van der Waals surface area contributed by atoms with Crippen molar-refractivity contribution in [2.45, 2.75) is 0 Å². The zero-order chi connectivity index (χ0) is 9.84.